The third-order valence-corrected chi connectivity index (χ3v) is 7.84. The normalized spacial score (nSPS) is 13.5. The Bertz CT molecular complexity index is 1760. The van der Waals surface area contributed by atoms with E-state index in [2.05, 4.69) is 26.1 Å². The van der Waals surface area contributed by atoms with Crippen LogP contribution in [0.2, 0.25) is 0 Å². The van der Waals surface area contributed by atoms with Crippen LogP contribution >= 0.6 is 0 Å². The number of amides is 1. The van der Waals surface area contributed by atoms with E-state index in [0.717, 1.165) is 17.7 Å². The third kappa shape index (κ3) is 9.63. The minimum atomic E-state index is -4.45. The average Bonchev–Trinajstić information content (AvgIpc) is 3.03. The Morgan fingerprint density at radius 3 is 2.09 bits per heavy atom. The maximum atomic E-state index is 13.0. The molecule has 0 heterocycles. The van der Waals surface area contributed by atoms with Crippen molar-refractivity contribution in [2.75, 3.05) is 12.3 Å². The Morgan fingerprint density at radius 2 is 1.51 bits per heavy atom. The highest BCUT2D eigenvalue weighted by molar-refractivity contribution is 7.79. The van der Waals surface area contributed by atoms with E-state index in [1.807, 2.05) is 24.3 Å². The molecule has 1 amide bonds. The van der Waals surface area contributed by atoms with Crippen LogP contribution in [0.5, 0.6) is 5.75 Å². The number of hydrogen-bond donors (Lipinski definition) is 4. The van der Waals surface area contributed by atoms with Crippen molar-refractivity contribution in [1.82, 2.24) is 5.32 Å². The van der Waals surface area contributed by atoms with E-state index in [-0.39, 0.29) is 29.2 Å². The van der Waals surface area contributed by atoms with Crippen LogP contribution in [0.15, 0.2) is 103 Å². The molecule has 0 aliphatic heterocycles. The van der Waals surface area contributed by atoms with Crippen LogP contribution in [0.4, 0.5) is 13.2 Å². The highest BCUT2D eigenvalue weighted by Gasteiger charge is 2.30. The molecular formula is C36H35F3N2O5S. The van der Waals surface area contributed by atoms with E-state index >= 15 is 0 Å². The number of ether oxygens (including phenoxy) is 1. The standard InChI is InChI=1S/C36H35F3N2O5S/c1-35(2,3)28-13-9-24(10-14-28)33(46-30-17-11-25(12-18-30)34(43)41-19-20-47(44)45)31(40)22-32(42)27-6-4-5-26(21-27)23-7-15-29(16-8-23)36(37,38)39/h4-18,21-22,33,40,42H,19-20H2,1-3H3,(H,41,43)(H,44,45)/b32-22-,40-31?. The van der Waals surface area contributed by atoms with Gasteiger partial charge in [-0.1, -0.05) is 75.4 Å². The number of aliphatic hydroxyl groups is 1. The first-order chi connectivity index (χ1) is 22.1. The fourth-order valence-corrected chi connectivity index (χ4v) is 4.94. The number of carbonyl (C=O) groups excluding carboxylic acids is 1. The summed E-state index contributed by atoms with van der Waals surface area (Å²) in [6.45, 7) is 6.28. The Morgan fingerprint density at radius 1 is 0.894 bits per heavy atom. The van der Waals surface area contributed by atoms with Gasteiger partial charge in [0.1, 0.15) is 11.5 Å². The van der Waals surface area contributed by atoms with Crippen LogP contribution in [-0.4, -0.2) is 37.8 Å². The fourth-order valence-electron chi connectivity index (χ4n) is 4.66. The van der Waals surface area contributed by atoms with Crippen LogP contribution < -0.4 is 10.1 Å². The number of carbonyl (C=O) groups is 1. The number of rotatable bonds is 11. The molecule has 47 heavy (non-hydrogen) atoms. The minimum absolute atomic E-state index is 0.0348. The van der Waals surface area contributed by atoms with Gasteiger partial charge in [-0.05, 0) is 70.1 Å². The van der Waals surface area contributed by atoms with Crippen molar-refractivity contribution >= 4 is 28.5 Å². The van der Waals surface area contributed by atoms with E-state index in [0.29, 0.717) is 33.6 Å². The minimum Gasteiger partial charge on any atom is -0.507 e. The summed E-state index contributed by atoms with van der Waals surface area (Å²) in [5, 5.41) is 22.6. The number of aliphatic hydroxyl groups excluding tert-OH is 1. The summed E-state index contributed by atoms with van der Waals surface area (Å²) in [6, 6.07) is 25.1. The first kappa shape index (κ1) is 35.1. The summed E-state index contributed by atoms with van der Waals surface area (Å²) in [4.78, 5) is 12.4. The van der Waals surface area contributed by atoms with Gasteiger partial charge < -0.3 is 25.1 Å². The second-order valence-corrected chi connectivity index (χ2v) is 12.9. The van der Waals surface area contributed by atoms with Gasteiger partial charge in [0.05, 0.1) is 17.0 Å². The topological polar surface area (TPSA) is 120 Å². The molecule has 0 saturated carbocycles. The Balaban J connectivity index is 1.60. The number of nitrogens with one attached hydrogen (secondary N) is 2. The molecule has 0 aromatic heterocycles. The van der Waals surface area contributed by atoms with Gasteiger partial charge in [0.15, 0.2) is 17.2 Å². The molecular weight excluding hydrogens is 629 g/mol. The van der Waals surface area contributed by atoms with Crippen molar-refractivity contribution in [2.45, 2.75) is 38.5 Å². The molecule has 4 N–H and O–H groups in total. The number of alkyl halides is 3. The maximum Gasteiger partial charge on any atom is 0.416 e. The zero-order valence-corrected chi connectivity index (χ0v) is 26.8. The summed E-state index contributed by atoms with van der Waals surface area (Å²) in [7, 11) is 0. The van der Waals surface area contributed by atoms with Crippen LogP contribution in [-0.2, 0) is 22.7 Å². The molecule has 0 radical (unpaired) electrons. The molecule has 2 unspecified atom stereocenters. The lowest BCUT2D eigenvalue weighted by molar-refractivity contribution is -0.137. The molecule has 2 atom stereocenters. The predicted octanol–water partition coefficient (Wildman–Crippen LogP) is 8.36. The van der Waals surface area contributed by atoms with Crippen molar-refractivity contribution in [3.05, 3.63) is 131 Å². The average molecular weight is 665 g/mol. The van der Waals surface area contributed by atoms with Crippen molar-refractivity contribution in [1.29, 1.82) is 5.41 Å². The van der Waals surface area contributed by atoms with E-state index in [9.17, 15) is 27.3 Å². The van der Waals surface area contributed by atoms with Crippen molar-refractivity contribution in [2.24, 2.45) is 0 Å². The van der Waals surface area contributed by atoms with E-state index in [1.54, 1.807) is 36.4 Å². The number of hydrogen-bond acceptors (Lipinski definition) is 5. The molecule has 246 valence electrons. The van der Waals surface area contributed by atoms with Gasteiger partial charge in [0, 0.05) is 23.7 Å². The Kier molecular flexibility index (Phi) is 11.0. The lowest BCUT2D eigenvalue weighted by atomic mass is 9.86. The smallest absolute Gasteiger partial charge is 0.416 e. The summed E-state index contributed by atoms with van der Waals surface area (Å²) < 4.78 is 65.0. The Hall–Kier alpha value is -4.74. The van der Waals surface area contributed by atoms with E-state index in [1.165, 1.54) is 30.3 Å². The van der Waals surface area contributed by atoms with Gasteiger partial charge in [-0.3, -0.25) is 4.79 Å². The molecule has 4 rings (SSSR count). The molecule has 0 spiro atoms. The highest BCUT2D eigenvalue weighted by atomic mass is 32.2. The molecule has 0 aliphatic rings. The van der Waals surface area contributed by atoms with Gasteiger partial charge >= 0.3 is 6.18 Å². The summed E-state index contributed by atoms with van der Waals surface area (Å²) >= 11 is -2.02. The SMILES string of the molecule is CC(C)(C)c1ccc(C(Oc2ccc(C(=O)NCCS(=O)O)cc2)C(=N)/C=C(\O)c2cccc(-c3ccc(C(F)(F)F)cc3)c2)cc1. The quantitative estimate of drug-likeness (QED) is 0.0730. The largest absolute Gasteiger partial charge is 0.507 e. The van der Waals surface area contributed by atoms with Crippen LogP contribution in [0, 0.1) is 5.41 Å². The molecule has 11 heteroatoms. The van der Waals surface area contributed by atoms with Crippen LogP contribution in [0.25, 0.3) is 16.9 Å². The lowest BCUT2D eigenvalue weighted by Crippen LogP contribution is -2.27. The molecule has 0 fully saturated rings. The van der Waals surface area contributed by atoms with Gasteiger partial charge in [-0.2, -0.15) is 13.2 Å². The second-order valence-electron chi connectivity index (χ2n) is 11.8. The summed E-state index contributed by atoms with van der Waals surface area (Å²) in [5.74, 6) is -0.399. The van der Waals surface area contributed by atoms with Gasteiger partial charge in [0.2, 0.25) is 0 Å². The van der Waals surface area contributed by atoms with Crippen LogP contribution in [0.1, 0.15) is 59.5 Å². The van der Waals surface area contributed by atoms with Crippen LogP contribution in [0.3, 0.4) is 0 Å². The van der Waals surface area contributed by atoms with Crippen molar-refractivity contribution in [3.8, 4) is 16.9 Å². The number of halogens is 3. The molecule has 4 aromatic rings. The zero-order chi connectivity index (χ0) is 34.4. The lowest BCUT2D eigenvalue weighted by Gasteiger charge is -2.22. The molecule has 0 bridgehead atoms. The molecule has 0 aliphatic carbocycles. The van der Waals surface area contributed by atoms with E-state index < -0.39 is 34.8 Å². The summed E-state index contributed by atoms with van der Waals surface area (Å²) in [6.07, 6.45) is -4.14. The van der Waals surface area contributed by atoms with E-state index in [4.69, 9.17) is 14.7 Å². The second kappa shape index (κ2) is 14.8. The molecule has 4 aromatic carbocycles. The molecule has 7 nitrogen and oxygen atoms in total. The first-order valence-corrected chi connectivity index (χ1v) is 15.9. The summed E-state index contributed by atoms with van der Waals surface area (Å²) in [5.41, 5.74) is 2.55. The van der Waals surface area contributed by atoms with Crippen molar-refractivity contribution < 1.29 is 36.6 Å². The van der Waals surface area contributed by atoms with Gasteiger partial charge in [-0.15, -0.1) is 0 Å². The monoisotopic (exact) mass is 664 g/mol. The van der Waals surface area contributed by atoms with Crippen molar-refractivity contribution in [3.63, 3.8) is 0 Å². The Labute approximate surface area is 273 Å². The highest BCUT2D eigenvalue weighted by Crippen LogP contribution is 2.32. The van der Waals surface area contributed by atoms with Gasteiger partial charge in [0.25, 0.3) is 5.91 Å². The fraction of sp³-hybridized carbons (Fsp3) is 0.222. The van der Waals surface area contributed by atoms with Gasteiger partial charge in [-0.25, -0.2) is 4.21 Å². The zero-order valence-electron chi connectivity index (χ0n) is 26.0. The first-order valence-electron chi connectivity index (χ1n) is 14.6. The predicted molar refractivity (Wildman–Crippen MR) is 178 cm³/mol. The number of benzene rings is 4. The molecule has 0 saturated heterocycles. The maximum absolute atomic E-state index is 13.0. The third-order valence-electron chi connectivity index (χ3n) is 7.29.